The Labute approximate surface area is 146 Å². The van der Waals surface area contributed by atoms with Crippen LogP contribution >= 0.6 is 0 Å². The minimum Gasteiger partial charge on any atom is -0.497 e. The monoisotopic (exact) mass is 366 g/mol. The van der Waals surface area contributed by atoms with Crippen molar-refractivity contribution in [2.24, 2.45) is 0 Å². The van der Waals surface area contributed by atoms with E-state index in [-0.39, 0.29) is 5.69 Å². The van der Waals surface area contributed by atoms with Gasteiger partial charge < -0.3 is 10.1 Å². The summed E-state index contributed by atoms with van der Waals surface area (Å²) in [5, 5.41) is 2.65. The molecule has 0 heterocycles. The number of benzene rings is 2. The molecule has 0 fully saturated rings. The van der Waals surface area contributed by atoms with Crippen molar-refractivity contribution in [2.45, 2.75) is 13.0 Å². The Bertz CT molecular complexity index is 836. The summed E-state index contributed by atoms with van der Waals surface area (Å²) in [7, 11) is -2.22. The Balaban J connectivity index is 2.24. The molecule has 2 aromatic rings. The average molecular weight is 366 g/mol. The highest BCUT2D eigenvalue weighted by Gasteiger charge is 2.29. The Kier molecular flexibility index (Phi) is 5.63. The summed E-state index contributed by atoms with van der Waals surface area (Å²) < 4.78 is 43.4. The van der Waals surface area contributed by atoms with Crippen molar-refractivity contribution in [3.8, 4) is 5.75 Å². The first-order valence-electron chi connectivity index (χ1n) is 7.42. The number of sulfonamides is 1. The first kappa shape index (κ1) is 18.7. The molecule has 0 aliphatic carbocycles. The van der Waals surface area contributed by atoms with Gasteiger partial charge in [-0.2, -0.15) is 0 Å². The molecule has 2 aromatic carbocycles. The molecule has 25 heavy (non-hydrogen) atoms. The number of hydrogen-bond donors (Lipinski definition) is 1. The Morgan fingerprint density at radius 1 is 1.12 bits per heavy atom. The van der Waals surface area contributed by atoms with Crippen molar-refractivity contribution >= 4 is 27.3 Å². The molecule has 0 aromatic heterocycles. The quantitative estimate of drug-likeness (QED) is 0.853. The fourth-order valence-corrected chi connectivity index (χ4v) is 3.49. The van der Waals surface area contributed by atoms with E-state index in [2.05, 4.69) is 5.32 Å². The van der Waals surface area contributed by atoms with E-state index >= 15 is 0 Å². The third-order valence-electron chi connectivity index (χ3n) is 3.53. The van der Waals surface area contributed by atoms with Crippen LogP contribution in [-0.2, 0) is 14.8 Å². The number of ether oxygens (including phenoxy) is 1. The molecule has 2 rings (SSSR count). The fourth-order valence-electron chi connectivity index (χ4n) is 2.32. The van der Waals surface area contributed by atoms with Gasteiger partial charge in [0, 0.05) is 5.69 Å². The minimum atomic E-state index is -3.75. The van der Waals surface area contributed by atoms with Gasteiger partial charge in [0.05, 0.1) is 19.1 Å². The lowest BCUT2D eigenvalue weighted by Crippen LogP contribution is -2.45. The van der Waals surface area contributed by atoms with E-state index in [0.29, 0.717) is 11.4 Å². The van der Waals surface area contributed by atoms with Crippen molar-refractivity contribution in [3.05, 3.63) is 54.3 Å². The summed E-state index contributed by atoms with van der Waals surface area (Å²) in [6, 6.07) is 10.5. The molecule has 0 saturated heterocycles. The zero-order chi connectivity index (χ0) is 18.6. The van der Waals surface area contributed by atoms with E-state index in [1.54, 1.807) is 24.3 Å². The molecule has 1 N–H and O–H groups in total. The highest BCUT2D eigenvalue weighted by atomic mass is 32.2. The summed E-state index contributed by atoms with van der Waals surface area (Å²) in [4.78, 5) is 12.5. The lowest BCUT2D eigenvalue weighted by Gasteiger charge is -2.28. The maximum atomic E-state index is 13.1. The Morgan fingerprint density at radius 3 is 2.16 bits per heavy atom. The highest BCUT2D eigenvalue weighted by molar-refractivity contribution is 7.92. The highest BCUT2D eigenvalue weighted by Crippen LogP contribution is 2.22. The largest absolute Gasteiger partial charge is 0.497 e. The van der Waals surface area contributed by atoms with E-state index in [4.69, 9.17) is 4.74 Å². The number of anilines is 2. The average Bonchev–Trinajstić information content (AvgIpc) is 2.56. The molecule has 8 heteroatoms. The molecule has 0 bridgehead atoms. The van der Waals surface area contributed by atoms with E-state index in [1.165, 1.54) is 26.2 Å². The van der Waals surface area contributed by atoms with Crippen molar-refractivity contribution in [3.63, 3.8) is 0 Å². The van der Waals surface area contributed by atoms with Crippen LogP contribution in [0.3, 0.4) is 0 Å². The van der Waals surface area contributed by atoms with Crippen LogP contribution < -0.4 is 14.4 Å². The molecule has 134 valence electrons. The number of methoxy groups -OCH3 is 1. The van der Waals surface area contributed by atoms with Crippen molar-refractivity contribution < 1.29 is 22.3 Å². The zero-order valence-electron chi connectivity index (χ0n) is 14.1. The van der Waals surface area contributed by atoms with Crippen molar-refractivity contribution in [1.82, 2.24) is 0 Å². The predicted molar refractivity (Wildman–Crippen MR) is 94.8 cm³/mol. The first-order chi connectivity index (χ1) is 11.7. The van der Waals surface area contributed by atoms with Gasteiger partial charge in [-0.3, -0.25) is 9.10 Å². The van der Waals surface area contributed by atoms with Gasteiger partial charge in [-0.05, 0) is 55.5 Å². The van der Waals surface area contributed by atoms with Crippen molar-refractivity contribution in [2.75, 3.05) is 23.0 Å². The molecule has 0 aliphatic heterocycles. The Hall–Kier alpha value is -2.61. The topological polar surface area (TPSA) is 75.7 Å². The van der Waals surface area contributed by atoms with Crippen LogP contribution in [0.25, 0.3) is 0 Å². The van der Waals surface area contributed by atoms with E-state index in [9.17, 15) is 17.6 Å². The third-order valence-corrected chi connectivity index (χ3v) is 4.77. The van der Waals surface area contributed by atoms with E-state index < -0.39 is 27.8 Å². The van der Waals surface area contributed by atoms with Crippen molar-refractivity contribution in [1.29, 1.82) is 0 Å². The van der Waals surface area contributed by atoms with Gasteiger partial charge in [-0.25, -0.2) is 12.8 Å². The fraction of sp³-hybridized carbons (Fsp3) is 0.235. The van der Waals surface area contributed by atoms with Crippen LogP contribution in [0.4, 0.5) is 15.8 Å². The third kappa shape index (κ3) is 4.69. The molecule has 0 spiro atoms. The number of amides is 1. The van der Waals surface area contributed by atoms with Gasteiger partial charge in [0.1, 0.15) is 17.6 Å². The molecule has 1 atom stereocenters. The van der Waals surface area contributed by atoms with Gasteiger partial charge in [0.25, 0.3) is 0 Å². The number of carbonyl (C=O) groups excluding carboxylic acids is 1. The number of rotatable bonds is 6. The SMILES string of the molecule is COc1ccc(NC(=O)[C@H](C)N(c2ccc(F)cc2)S(C)(=O)=O)cc1. The molecule has 6 nitrogen and oxygen atoms in total. The Morgan fingerprint density at radius 2 is 1.68 bits per heavy atom. The minimum absolute atomic E-state index is 0.210. The van der Waals surface area contributed by atoms with Gasteiger partial charge in [-0.1, -0.05) is 0 Å². The standard InChI is InChI=1S/C17H19FN2O4S/c1-12(17(21)19-14-6-10-16(24-2)11-7-14)20(25(3,22)23)15-8-4-13(18)5-9-15/h4-12H,1-3H3,(H,19,21)/t12-/m0/s1. The zero-order valence-corrected chi connectivity index (χ0v) is 14.9. The van der Waals surface area contributed by atoms with Crippen LogP contribution in [0.1, 0.15) is 6.92 Å². The number of carbonyl (C=O) groups is 1. The van der Waals surface area contributed by atoms with Gasteiger partial charge in [0.2, 0.25) is 15.9 Å². The molecule has 1 amide bonds. The normalized spacial score (nSPS) is 12.3. The number of halogens is 1. The summed E-state index contributed by atoms with van der Waals surface area (Å²) in [6.45, 7) is 1.46. The van der Waals surface area contributed by atoms with E-state index in [1.807, 2.05) is 0 Å². The van der Waals surface area contributed by atoms with Crippen LogP contribution in [0, 0.1) is 5.82 Å². The molecule has 0 saturated carbocycles. The lowest BCUT2D eigenvalue weighted by atomic mass is 10.2. The number of hydrogen-bond acceptors (Lipinski definition) is 4. The second kappa shape index (κ2) is 7.52. The van der Waals surface area contributed by atoms with Crippen LogP contribution in [0.15, 0.2) is 48.5 Å². The lowest BCUT2D eigenvalue weighted by molar-refractivity contribution is -0.116. The molecule has 0 aliphatic rings. The molecule has 0 unspecified atom stereocenters. The number of nitrogens with one attached hydrogen (secondary N) is 1. The van der Waals surface area contributed by atoms with E-state index in [0.717, 1.165) is 22.7 Å². The summed E-state index contributed by atoms with van der Waals surface area (Å²) in [6.07, 6.45) is 0.994. The maximum absolute atomic E-state index is 13.1. The van der Waals surface area contributed by atoms with Gasteiger partial charge in [0.15, 0.2) is 0 Å². The van der Waals surface area contributed by atoms with Crippen LogP contribution in [0.2, 0.25) is 0 Å². The second-order valence-electron chi connectivity index (χ2n) is 5.43. The molecule has 0 radical (unpaired) electrons. The smallest absolute Gasteiger partial charge is 0.247 e. The van der Waals surface area contributed by atoms with Gasteiger partial charge in [-0.15, -0.1) is 0 Å². The summed E-state index contributed by atoms with van der Waals surface area (Å²) in [5.41, 5.74) is 0.714. The summed E-state index contributed by atoms with van der Waals surface area (Å²) in [5.74, 6) is -0.373. The van der Waals surface area contributed by atoms with Crippen LogP contribution in [0.5, 0.6) is 5.75 Å². The summed E-state index contributed by atoms with van der Waals surface area (Å²) >= 11 is 0. The molecular formula is C17H19FN2O4S. The maximum Gasteiger partial charge on any atom is 0.247 e. The number of nitrogens with zero attached hydrogens (tertiary/aromatic N) is 1. The second-order valence-corrected chi connectivity index (χ2v) is 7.29. The first-order valence-corrected chi connectivity index (χ1v) is 9.27. The van der Waals surface area contributed by atoms with Gasteiger partial charge >= 0.3 is 0 Å². The molecular weight excluding hydrogens is 347 g/mol. The predicted octanol–water partition coefficient (Wildman–Crippen LogP) is 2.63. The van der Waals surface area contributed by atoms with Crippen LogP contribution in [-0.4, -0.2) is 33.7 Å².